The van der Waals surface area contributed by atoms with Crippen LogP contribution in [-0.4, -0.2) is 52.9 Å². The molecule has 0 bridgehead atoms. The van der Waals surface area contributed by atoms with Gasteiger partial charge in [0.05, 0.1) is 12.2 Å². The van der Waals surface area contributed by atoms with Gasteiger partial charge >= 0.3 is 11.9 Å². The lowest BCUT2D eigenvalue weighted by Crippen LogP contribution is -2.59. The van der Waals surface area contributed by atoms with E-state index in [-0.39, 0.29) is 34.7 Å². The minimum atomic E-state index is -1.17. The second-order valence-corrected chi connectivity index (χ2v) is 10.7. The first-order valence-electron chi connectivity index (χ1n) is 11.3. The molecule has 3 aliphatic rings. The maximum atomic E-state index is 12.0. The molecule has 0 aromatic rings. The third kappa shape index (κ3) is 4.55. The third-order valence-electron chi connectivity index (χ3n) is 7.85. The van der Waals surface area contributed by atoms with Gasteiger partial charge in [-0.1, -0.05) is 25.5 Å². The van der Waals surface area contributed by atoms with Gasteiger partial charge in [-0.3, -0.25) is 9.59 Å². The van der Waals surface area contributed by atoms with Crippen molar-refractivity contribution in [3.63, 3.8) is 0 Å². The predicted molar refractivity (Wildman–Crippen MR) is 114 cm³/mol. The van der Waals surface area contributed by atoms with Crippen LogP contribution >= 0.6 is 0 Å². The van der Waals surface area contributed by atoms with Gasteiger partial charge in [0.15, 0.2) is 6.29 Å². The molecule has 7 heteroatoms. The quantitative estimate of drug-likeness (QED) is 0.485. The van der Waals surface area contributed by atoms with Crippen LogP contribution in [0.5, 0.6) is 0 Å². The summed E-state index contributed by atoms with van der Waals surface area (Å²) in [4.78, 5) is 23.6. The Morgan fingerprint density at radius 2 is 1.97 bits per heavy atom. The van der Waals surface area contributed by atoms with Crippen molar-refractivity contribution in [2.75, 3.05) is 6.61 Å². The number of rotatable bonds is 6. The summed E-state index contributed by atoms with van der Waals surface area (Å²) in [6.45, 7) is 12.9. The summed E-state index contributed by atoms with van der Waals surface area (Å²) in [6.07, 6.45) is 2.59. The van der Waals surface area contributed by atoms with Crippen molar-refractivity contribution < 1.29 is 34.0 Å². The Labute approximate surface area is 185 Å². The van der Waals surface area contributed by atoms with Gasteiger partial charge in [-0.2, -0.15) is 0 Å². The fourth-order valence-electron chi connectivity index (χ4n) is 6.80. The molecule has 3 rings (SSSR count). The predicted octanol–water partition coefficient (Wildman–Crippen LogP) is 3.12. The lowest BCUT2D eigenvalue weighted by Gasteiger charge is -2.59. The molecule has 7 nitrogen and oxygen atoms in total. The topological polar surface area (TPSA) is 102 Å². The maximum absolute atomic E-state index is 12.0. The highest BCUT2D eigenvalue weighted by Crippen LogP contribution is 2.66. The van der Waals surface area contributed by atoms with E-state index < -0.39 is 24.0 Å². The van der Waals surface area contributed by atoms with Crippen LogP contribution in [0.2, 0.25) is 0 Å². The highest BCUT2D eigenvalue weighted by molar-refractivity contribution is 5.66. The van der Waals surface area contributed by atoms with Crippen LogP contribution in [0.15, 0.2) is 12.2 Å². The molecule has 0 amide bonds. The summed E-state index contributed by atoms with van der Waals surface area (Å²) in [5.41, 5.74) is -0.868. The molecular formula is C24H38O7. The van der Waals surface area contributed by atoms with Gasteiger partial charge < -0.3 is 24.4 Å². The number of hydrogen-bond acceptors (Lipinski definition) is 7. The zero-order chi connectivity index (χ0) is 23.2. The van der Waals surface area contributed by atoms with E-state index in [0.717, 1.165) is 24.8 Å². The summed E-state index contributed by atoms with van der Waals surface area (Å²) < 4.78 is 17.0. The molecule has 1 aliphatic heterocycles. The van der Waals surface area contributed by atoms with Crippen molar-refractivity contribution in [2.24, 2.45) is 22.7 Å². The monoisotopic (exact) mass is 438 g/mol. The highest BCUT2D eigenvalue weighted by atomic mass is 16.6. The molecule has 31 heavy (non-hydrogen) atoms. The van der Waals surface area contributed by atoms with Gasteiger partial charge in [-0.05, 0) is 44.9 Å². The normalized spacial score (nSPS) is 38.7. The molecule has 3 fully saturated rings. The Kier molecular flexibility index (Phi) is 6.63. The fraction of sp³-hybridized carbons (Fsp3) is 0.833. The van der Waals surface area contributed by atoms with E-state index in [1.165, 1.54) is 13.8 Å². The highest BCUT2D eigenvalue weighted by Gasteiger charge is 2.65. The summed E-state index contributed by atoms with van der Waals surface area (Å²) in [5.74, 6) is -0.947. The van der Waals surface area contributed by atoms with Crippen molar-refractivity contribution >= 4 is 11.9 Å². The van der Waals surface area contributed by atoms with Crippen molar-refractivity contribution in [1.82, 2.24) is 0 Å². The van der Waals surface area contributed by atoms with Crippen LogP contribution in [0.25, 0.3) is 0 Å². The van der Waals surface area contributed by atoms with E-state index >= 15 is 0 Å². The lowest BCUT2D eigenvalue weighted by molar-refractivity contribution is -0.178. The summed E-state index contributed by atoms with van der Waals surface area (Å²) in [5, 5.41) is 21.2. The van der Waals surface area contributed by atoms with Crippen LogP contribution in [-0.2, 0) is 23.8 Å². The Bertz CT molecular complexity index is 722. The van der Waals surface area contributed by atoms with E-state index in [2.05, 4.69) is 13.5 Å². The molecule has 1 heterocycles. The fourth-order valence-corrected chi connectivity index (χ4v) is 6.80. The molecule has 0 aromatic carbocycles. The van der Waals surface area contributed by atoms with Crippen LogP contribution in [0, 0.1) is 22.7 Å². The molecule has 0 unspecified atom stereocenters. The standard InChI is InChI=1S/C24H38O7/c1-14-12-17(30-15(2)25)20-23(6,11-8-18(22(4,5)28)31-16(3)26)9-7-10-24(20)13-29-21(27)19(14)24/h17-21,27-28H,1,7-13H2,2-6H3/t17-,18-,19+,20-,21-,23-,24-/m0/s1. The molecule has 0 radical (unpaired) electrons. The summed E-state index contributed by atoms with van der Waals surface area (Å²) in [6, 6.07) is 0. The van der Waals surface area contributed by atoms with Gasteiger partial charge in [-0.15, -0.1) is 0 Å². The first-order chi connectivity index (χ1) is 14.3. The van der Waals surface area contributed by atoms with Crippen molar-refractivity contribution in [2.45, 2.75) is 97.2 Å². The first-order valence-corrected chi connectivity index (χ1v) is 11.3. The third-order valence-corrected chi connectivity index (χ3v) is 7.85. The molecule has 1 spiro atoms. The van der Waals surface area contributed by atoms with Crippen LogP contribution in [0.1, 0.15) is 73.1 Å². The number of hydrogen-bond donors (Lipinski definition) is 2. The number of esters is 2. The first kappa shape index (κ1) is 24.2. The lowest BCUT2D eigenvalue weighted by atomic mass is 9.45. The molecule has 0 aromatic heterocycles. The number of ether oxygens (including phenoxy) is 3. The van der Waals surface area contributed by atoms with E-state index in [9.17, 15) is 19.8 Å². The number of aliphatic hydroxyl groups excluding tert-OH is 1. The largest absolute Gasteiger partial charge is 0.462 e. The molecule has 176 valence electrons. The maximum Gasteiger partial charge on any atom is 0.303 e. The Balaban J connectivity index is 1.94. The summed E-state index contributed by atoms with van der Waals surface area (Å²) >= 11 is 0. The van der Waals surface area contributed by atoms with Crippen LogP contribution < -0.4 is 0 Å². The van der Waals surface area contributed by atoms with Crippen molar-refractivity contribution in [1.29, 1.82) is 0 Å². The average molecular weight is 439 g/mol. The van der Waals surface area contributed by atoms with E-state index in [4.69, 9.17) is 14.2 Å². The van der Waals surface area contributed by atoms with Gasteiger partial charge in [-0.25, -0.2) is 0 Å². The second kappa shape index (κ2) is 8.49. The number of carbonyl (C=O) groups excluding carboxylic acids is 2. The van der Waals surface area contributed by atoms with Crippen molar-refractivity contribution in [3.05, 3.63) is 12.2 Å². The number of carbonyl (C=O) groups is 2. The SMILES string of the molecule is C=C1C[C@H](OC(C)=O)[C@H]2[C@](C)(CC[C@H](OC(C)=O)C(C)(C)O)CCC[C@@]23CO[C@H](O)[C@@H]13. The zero-order valence-electron chi connectivity index (χ0n) is 19.5. The van der Waals surface area contributed by atoms with Gasteiger partial charge in [0.25, 0.3) is 0 Å². The molecule has 2 N–H and O–H groups in total. The van der Waals surface area contributed by atoms with Gasteiger partial charge in [0, 0.05) is 37.5 Å². The minimum Gasteiger partial charge on any atom is -0.462 e. The van der Waals surface area contributed by atoms with E-state index in [1.807, 2.05) is 0 Å². The molecule has 7 atom stereocenters. The zero-order valence-corrected chi connectivity index (χ0v) is 19.5. The Morgan fingerprint density at radius 1 is 1.29 bits per heavy atom. The smallest absolute Gasteiger partial charge is 0.303 e. The average Bonchev–Trinajstić information content (AvgIpc) is 2.94. The second-order valence-electron chi connectivity index (χ2n) is 10.7. The summed E-state index contributed by atoms with van der Waals surface area (Å²) in [7, 11) is 0. The molecular weight excluding hydrogens is 400 g/mol. The van der Waals surface area contributed by atoms with Crippen LogP contribution in [0.4, 0.5) is 0 Å². The van der Waals surface area contributed by atoms with E-state index in [1.54, 1.807) is 13.8 Å². The van der Waals surface area contributed by atoms with Crippen LogP contribution in [0.3, 0.4) is 0 Å². The minimum absolute atomic E-state index is 0.0231. The van der Waals surface area contributed by atoms with Crippen molar-refractivity contribution in [3.8, 4) is 0 Å². The molecule has 1 saturated heterocycles. The Morgan fingerprint density at radius 3 is 2.55 bits per heavy atom. The van der Waals surface area contributed by atoms with Gasteiger partial charge in [0.2, 0.25) is 0 Å². The number of aliphatic hydroxyl groups is 2. The molecule has 2 saturated carbocycles. The molecule has 2 aliphatic carbocycles. The van der Waals surface area contributed by atoms with E-state index in [0.29, 0.717) is 25.9 Å². The van der Waals surface area contributed by atoms with Gasteiger partial charge in [0.1, 0.15) is 12.2 Å². The Hall–Kier alpha value is -1.44.